The number of hydrazine groups is 1. The van der Waals surface area contributed by atoms with Crippen molar-refractivity contribution in [2.75, 3.05) is 13.2 Å². The van der Waals surface area contributed by atoms with Crippen LogP contribution < -0.4 is 10.7 Å². The number of nitrogens with zero attached hydrogens (tertiary/aromatic N) is 1. The normalized spacial score (nSPS) is 23.8. The van der Waals surface area contributed by atoms with Gasteiger partial charge < -0.3 is 14.8 Å². The Morgan fingerprint density at radius 1 is 1.26 bits per heavy atom. The van der Waals surface area contributed by atoms with Crippen molar-refractivity contribution >= 4 is 22.2 Å². The molecule has 3 amide bonds. The highest BCUT2D eigenvalue weighted by Gasteiger charge is 2.38. The molecule has 1 aromatic carbocycles. The molecule has 1 aromatic rings. The lowest BCUT2D eigenvalue weighted by Crippen LogP contribution is -2.51. The predicted molar refractivity (Wildman–Crippen MR) is 124 cm³/mol. The zero-order valence-electron chi connectivity index (χ0n) is 19.2. The summed E-state index contributed by atoms with van der Waals surface area (Å²) in [5.74, 6) is -0.870. The maximum atomic E-state index is 13.1. The lowest BCUT2D eigenvalue weighted by molar-refractivity contribution is -0.243. The molecule has 2 fully saturated rings. The van der Waals surface area contributed by atoms with Crippen molar-refractivity contribution in [3.05, 3.63) is 35.9 Å². The van der Waals surface area contributed by atoms with Gasteiger partial charge in [-0.05, 0) is 44.2 Å². The van der Waals surface area contributed by atoms with E-state index in [0.29, 0.717) is 18.6 Å². The van der Waals surface area contributed by atoms with Crippen molar-refractivity contribution < 1.29 is 19.1 Å². The van der Waals surface area contributed by atoms with E-state index < -0.39 is 11.9 Å². The van der Waals surface area contributed by atoms with Gasteiger partial charge in [0.15, 0.2) is 5.79 Å². The van der Waals surface area contributed by atoms with Crippen LogP contribution in [-0.4, -0.2) is 58.3 Å². The molecular formula is C23H37N3O4Si. The highest BCUT2D eigenvalue weighted by molar-refractivity contribution is 6.11. The van der Waals surface area contributed by atoms with Crippen LogP contribution in [0.3, 0.4) is 0 Å². The van der Waals surface area contributed by atoms with Crippen LogP contribution in [0.5, 0.6) is 0 Å². The van der Waals surface area contributed by atoms with Crippen LogP contribution in [0.25, 0.3) is 0 Å². The summed E-state index contributed by atoms with van der Waals surface area (Å²) in [4.78, 5) is 25.7. The van der Waals surface area contributed by atoms with E-state index in [4.69, 9.17) is 9.47 Å². The molecule has 8 heteroatoms. The molecule has 2 aliphatic rings. The number of benzene rings is 1. The fourth-order valence-electron chi connectivity index (χ4n) is 4.24. The van der Waals surface area contributed by atoms with Crippen LogP contribution in [0.15, 0.2) is 30.3 Å². The van der Waals surface area contributed by atoms with Crippen molar-refractivity contribution in [2.45, 2.75) is 76.3 Å². The Balaban J connectivity index is 1.80. The molecule has 3 atom stereocenters. The van der Waals surface area contributed by atoms with E-state index in [9.17, 15) is 9.59 Å². The van der Waals surface area contributed by atoms with Gasteiger partial charge in [0.25, 0.3) is 0 Å². The largest absolute Gasteiger partial charge is 0.351 e. The topological polar surface area (TPSA) is 79.9 Å². The highest BCUT2D eigenvalue weighted by atomic mass is 28.1. The van der Waals surface area contributed by atoms with Gasteiger partial charge in [0.05, 0.1) is 12.6 Å². The van der Waals surface area contributed by atoms with E-state index in [-0.39, 0.29) is 30.4 Å². The number of nitrogens with one attached hydrogen (secondary N) is 2. The quantitative estimate of drug-likeness (QED) is 0.473. The average Bonchev–Trinajstić information content (AvgIpc) is 3.21. The SMILES string of the molecule is CC([SiH3])COC(C)(C)O[C@@H]1CN(C(=O)C2CCCC2)NC(=O)N[C@@H]1Cc1ccccc1. The Morgan fingerprint density at radius 3 is 2.58 bits per heavy atom. The van der Waals surface area contributed by atoms with Crippen molar-refractivity contribution in [1.29, 1.82) is 0 Å². The van der Waals surface area contributed by atoms with Crippen LogP contribution >= 0.6 is 0 Å². The standard InChI is InChI=1S/C23H37N3O4Si/c1-16(31)15-29-23(2,3)30-20-14-26(21(27)18-11-7-8-12-18)25-22(28)24-19(20)13-17-9-5-4-6-10-17/h4-6,9-10,16,18-20H,7-8,11-15H2,1-3,31H3,(H2,24,25,28)/t16?,19-,20-/m1/s1. The monoisotopic (exact) mass is 447 g/mol. The van der Waals surface area contributed by atoms with Gasteiger partial charge in [-0.15, -0.1) is 0 Å². The van der Waals surface area contributed by atoms with Gasteiger partial charge in [-0.25, -0.2) is 15.2 Å². The minimum Gasteiger partial charge on any atom is -0.351 e. The van der Waals surface area contributed by atoms with Crippen LogP contribution in [0.2, 0.25) is 5.54 Å². The van der Waals surface area contributed by atoms with Gasteiger partial charge in [-0.3, -0.25) is 4.79 Å². The first kappa shape index (κ1) is 23.8. The molecule has 0 aromatic heterocycles. The number of ether oxygens (including phenoxy) is 2. The molecule has 1 aliphatic heterocycles. The molecule has 0 radical (unpaired) electrons. The fraction of sp³-hybridized carbons (Fsp3) is 0.652. The van der Waals surface area contributed by atoms with Gasteiger partial charge in [-0.2, -0.15) is 0 Å². The first-order valence-corrected chi connectivity index (χ1v) is 12.6. The molecule has 1 aliphatic carbocycles. The number of carbonyl (C=O) groups excluding carboxylic acids is 2. The molecule has 1 saturated carbocycles. The second-order valence-corrected chi connectivity index (χ2v) is 11.5. The second-order valence-electron chi connectivity index (χ2n) is 9.57. The summed E-state index contributed by atoms with van der Waals surface area (Å²) in [5.41, 5.74) is 4.37. The summed E-state index contributed by atoms with van der Waals surface area (Å²) in [6, 6.07) is 9.35. The van der Waals surface area contributed by atoms with E-state index in [0.717, 1.165) is 41.5 Å². The van der Waals surface area contributed by atoms with Gasteiger partial charge >= 0.3 is 6.03 Å². The van der Waals surface area contributed by atoms with E-state index in [1.807, 2.05) is 44.2 Å². The highest BCUT2D eigenvalue weighted by Crippen LogP contribution is 2.27. The average molecular weight is 448 g/mol. The van der Waals surface area contributed by atoms with E-state index in [2.05, 4.69) is 17.7 Å². The Labute approximate surface area is 188 Å². The smallest absolute Gasteiger partial charge is 0.333 e. The predicted octanol–water partition coefficient (Wildman–Crippen LogP) is 2.16. The maximum Gasteiger partial charge on any atom is 0.333 e. The number of amides is 3. The van der Waals surface area contributed by atoms with E-state index in [1.54, 1.807) is 0 Å². The van der Waals surface area contributed by atoms with Gasteiger partial charge in [-0.1, -0.05) is 50.1 Å². The van der Waals surface area contributed by atoms with Gasteiger partial charge in [0.1, 0.15) is 6.10 Å². The summed E-state index contributed by atoms with van der Waals surface area (Å²) in [5, 5.41) is 4.49. The molecule has 172 valence electrons. The molecule has 1 unspecified atom stereocenters. The minimum absolute atomic E-state index is 0.0199. The molecule has 7 nitrogen and oxygen atoms in total. The third kappa shape index (κ3) is 7.05. The number of rotatable bonds is 8. The molecule has 0 bridgehead atoms. The Hall–Kier alpha value is -1.90. The fourth-order valence-corrected chi connectivity index (χ4v) is 4.41. The molecule has 3 rings (SSSR count). The van der Waals surface area contributed by atoms with Crippen molar-refractivity contribution in [2.24, 2.45) is 5.92 Å². The zero-order valence-corrected chi connectivity index (χ0v) is 21.2. The summed E-state index contributed by atoms with van der Waals surface area (Å²) in [6.07, 6.45) is 4.08. The molecule has 2 N–H and O–H groups in total. The molecule has 1 heterocycles. The second kappa shape index (κ2) is 10.6. The number of hydrogen-bond acceptors (Lipinski definition) is 4. The molecule has 31 heavy (non-hydrogen) atoms. The number of carbonyl (C=O) groups is 2. The molecular weight excluding hydrogens is 410 g/mol. The van der Waals surface area contributed by atoms with Crippen molar-refractivity contribution in [3.8, 4) is 0 Å². The number of hydrogen-bond donors (Lipinski definition) is 2. The van der Waals surface area contributed by atoms with Crippen molar-refractivity contribution in [1.82, 2.24) is 15.8 Å². The van der Waals surface area contributed by atoms with Crippen LogP contribution in [0.4, 0.5) is 4.79 Å². The van der Waals surface area contributed by atoms with Crippen LogP contribution in [0.1, 0.15) is 52.0 Å². The molecule has 0 spiro atoms. The summed E-state index contributed by atoms with van der Waals surface area (Å²) >= 11 is 0. The lowest BCUT2D eigenvalue weighted by atomic mass is 10.00. The summed E-state index contributed by atoms with van der Waals surface area (Å²) < 4.78 is 12.5. The van der Waals surface area contributed by atoms with Gasteiger partial charge in [0.2, 0.25) is 5.91 Å². The van der Waals surface area contributed by atoms with Crippen LogP contribution in [0, 0.1) is 5.92 Å². The first-order chi connectivity index (χ1) is 14.7. The Bertz CT molecular complexity index is 738. The summed E-state index contributed by atoms with van der Waals surface area (Å²) in [7, 11) is 1.05. The third-order valence-corrected chi connectivity index (χ3v) is 6.17. The van der Waals surface area contributed by atoms with E-state index >= 15 is 0 Å². The lowest BCUT2D eigenvalue weighted by Gasteiger charge is -2.35. The zero-order chi connectivity index (χ0) is 22.4. The first-order valence-electron chi connectivity index (χ1n) is 11.5. The van der Waals surface area contributed by atoms with Crippen LogP contribution in [-0.2, 0) is 20.7 Å². The Morgan fingerprint density at radius 2 is 1.94 bits per heavy atom. The third-order valence-electron chi connectivity index (χ3n) is 5.83. The Kier molecular flexibility index (Phi) is 8.13. The minimum atomic E-state index is -0.824. The maximum absolute atomic E-state index is 13.1. The summed E-state index contributed by atoms with van der Waals surface area (Å²) in [6.45, 7) is 6.87. The van der Waals surface area contributed by atoms with Gasteiger partial charge in [0, 0.05) is 22.8 Å². The number of urea groups is 1. The van der Waals surface area contributed by atoms with Crippen molar-refractivity contribution in [3.63, 3.8) is 0 Å². The van der Waals surface area contributed by atoms with E-state index in [1.165, 1.54) is 5.01 Å². The molecule has 1 saturated heterocycles.